The highest BCUT2D eigenvalue weighted by Gasteiger charge is 2.13. The molecule has 4 nitrogen and oxygen atoms in total. The molecule has 0 atom stereocenters. The van der Waals surface area contributed by atoms with E-state index in [-0.39, 0.29) is 5.28 Å². The molecule has 0 radical (unpaired) electrons. The number of fused-ring (bicyclic) bond motifs is 1. The summed E-state index contributed by atoms with van der Waals surface area (Å²) < 4.78 is 12.1. The number of hydrogen-bond donors (Lipinski definition) is 0. The summed E-state index contributed by atoms with van der Waals surface area (Å²) in [6, 6.07) is 5.84. The van der Waals surface area contributed by atoms with Crippen LogP contribution in [0.2, 0.25) is 5.28 Å². The SMILES string of the molecule is Clc1ncc(Br)c(Sc2ccc3c(c2)OCCCO3)n1. The van der Waals surface area contributed by atoms with Crippen molar-refractivity contribution in [3.8, 4) is 11.5 Å². The molecule has 104 valence electrons. The third kappa shape index (κ3) is 3.19. The van der Waals surface area contributed by atoms with E-state index in [1.54, 1.807) is 6.20 Å². The minimum absolute atomic E-state index is 0.227. The first-order valence-electron chi connectivity index (χ1n) is 5.98. The third-order valence-corrected chi connectivity index (χ3v) is 4.64. The topological polar surface area (TPSA) is 44.2 Å². The van der Waals surface area contributed by atoms with Gasteiger partial charge >= 0.3 is 0 Å². The van der Waals surface area contributed by atoms with Crippen LogP contribution < -0.4 is 9.47 Å². The zero-order valence-corrected chi connectivity index (χ0v) is 13.5. The normalized spacial score (nSPS) is 13.9. The van der Waals surface area contributed by atoms with Crippen LogP contribution in [0.25, 0.3) is 0 Å². The fourth-order valence-corrected chi connectivity index (χ4v) is 3.15. The number of nitrogens with zero attached hydrogens (tertiary/aromatic N) is 2. The van der Waals surface area contributed by atoms with Crippen LogP contribution in [0.5, 0.6) is 11.5 Å². The first-order valence-corrected chi connectivity index (χ1v) is 7.96. The lowest BCUT2D eigenvalue weighted by atomic mass is 10.3. The van der Waals surface area contributed by atoms with Crippen molar-refractivity contribution >= 4 is 39.3 Å². The molecule has 0 bridgehead atoms. The number of rotatable bonds is 2. The Morgan fingerprint density at radius 1 is 1.20 bits per heavy atom. The lowest BCUT2D eigenvalue weighted by molar-refractivity contribution is 0.297. The maximum atomic E-state index is 5.82. The van der Waals surface area contributed by atoms with Crippen LogP contribution in [0.3, 0.4) is 0 Å². The summed E-state index contributed by atoms with van der Waals surface area (Å²) in [4.78, 5) is 9.11. The van der Waals surface area contributed by atoms with Gasteiger partial charge in [0.25, 0.3) is 0 Å². The standard InChI is InChI=1S/C13H10BrClN2O2S/c14-9-7-16-13(15)17-12(9)20-8-2-3-10-11(6-8)19-5-1-4-18-10/h2-3,6-7H,1,4-5H2. The second kappa shape index (κ2) is 6.20. The summed E-state index contributed by atoms with van der Waals surface area (Å²) in [5, 5.41) is 0.990. The van der Waals surface area contributed by atoms with Crippen LogP contribution in [-0.2, 0) is 0 Å². The van der Waals surface area contributed by atoms with Gasteiger partial charge in [0.05, 0.1) is 17.7 Å². The Morgan fingerprint density at radius 3 is 2.85 bits per heavy atom. The highest BCUT2D eigenvalue weighted by molar-refractivity contribution is 9.10. The molecule has 1 aromatic carbocycles. The van der Waals surface area contributed by atoms with Crippen LogP contribution >= 0.6 is 39.3 Å². The molecule has 0 unspecified atom stereocenters. The van der Waals surface area contributed by atoms with Gasteiger partial charge in [0.1, 0.15) is 5.03 Å². The van der Waals surface area contributed by atoms with Gasteiger partial charge in [-0.15, -0.1) is 0 Å². The van der Waals surface area contributed by atoms with Crippen LogP contribution in [0.4, 0.5) is 0 Å². The van der Waals surface area contributed by atoms with Gasteiger partial charge < -0.3 is 9.47 Å². The molecule has 2 heterocycles. The zero-order chi connectivity index (χ0) is 13.9. The lowest BCUT2D eigenvalue weighted by Gasteiger charge is -2.09. The van der Waals surface area contributed by atoms with E-state index in [0.717, 1.165) is 32.3 Å². The van der Waals surface area contributed by atoms with Crippen LogP contribution in [-0.4, -0.2) is 23.2 Å². The Morgan fingerprint density at radius 2 is 2.00 bits per heavy atom. The van der Waals surface area contributed by atoms with Crippen molar-refractivity contribution in [2.75, 3.05) is 13.2 Å². The smallest absolute Gasteiger partial charge is 0.223 e. The number of hydrogen-bond acceptors (Lipinski definition) is 5. The van der Waals surface area contributed by atoms with E-state index in [1.807, 2.05) is 18.2 Å². The molecule has 0 aliphatic carbocycles. The molecular weight excluding hydrogens is 364 g/mol. The highest BCUT2D eigenvalue weighted by atomic mass is 79.9. The van der Waals surface area contributed by atoms with E-state index < -0.39 is 0 Å². The third-order valence-electron chi connectivity index (χ3n) is 2.62. The molecular formula is C13H10BrClN2O2S. The van der Waals surface area contributed by atoms with Crippen molar-refractivity contribution in [2.45, 2.75) is 16.3 Å². The van der Waals surface area contributed by atoms with Gasteiger partial charge in [-0.25, -0.2) is 9.97 Å². The zero-order valence-electron chi connectivity index (χ0n) is 10.3. The van der Waals surface area contributed by atoms with Crippen molar-refractivity contribution in [1.29, 1.82) is 0 Å². The highest BCUT2D eigenvalue weighted by Crippen LogP contribution is 2.38. The summed E-state index contributed by atoms with van der Waals surface area (Å²) in [6.45, 7) is 1.36. The second-order valence-corrected chi connectivity index (χ2v) is 6.31. The van der Waals surface area contributed by atoms with E-state index in [2.05, 4.69) is 25.9 Å². The molecule has 1 aliphatic heterocycles. The van der Waals surface area contributed by atoms with E-state index in [0.29, 0.717) is 13.2 Å². The predicted octanol–water partition coefficient (Wildman–Crippen LogP) is 4.21. The van der Waals surface area contributed by atoms with Gasteiger partial charge in [0.2, 0.25) is 5.28 Å². The Balaban J connectivity index is 1.87. The first-order chi connectivity index (χ1) is 9.72. The quantitative estimate of drug-likeness (QED) is 0.583. The summed E-state index contributed by atoms with van der Waals surface area (Å²) in [7, 11) is 0. The minimum atomic E-state index is 0.227. The molecule has 0 amide bonds. The molecule has 2 aromatic rings. The largest absolute Gasteiger partial charge is 0.490 e. The first kappa shape index (κ1) is 14.0. The lowest BCUT2D eigenvalue weighted by Crippen LogP contribution is -1.97. The molecule has 0 saturated heterocycles. The molecule has 0 N–H and O–H groups in total. The predicted molar refractivity (Wildman–Crippen MR) is 80.9 cm³/mol. The van der Waals surface area contributed by atoms with Crippen molar-refractivity contribution in [1.82, 2.24) is 9.97 Å². The minimum Gasteiger partial charge on any atom is -0.490 e. The number of ether oxygens (including phenoxy) is 2. The molecule has 1 aliphatic rings. The molecule has 0 saturated carbocycles. The number of halogens is 2. The average molecular weight is 374 g/mol. The summed E-state index contributed by atoms with van der Waals surface area (Å²) >= 11 is 10.7. The fourth-order valence-electron chi connectivity index (χ4n) is 1.72. The van der Waals surface area contributed by atoms with Crippen LogP contribution in [0.15, 0.2) is 38.8 Å². The van der Waals surface area contributed by atoms with E-state index in [4.69, 9.17) is 21.1 Å². The molecule has 3 rings (SSSR count). The van der Waals surface area contributed by atoms with Gasteiger partial charge in [-0.3, -0.25) is 0 Å². The Kier molecular flexibility index (Phi) is 4.33. The Labute approximate surface area is 134 Å². The summed E-state index contributed by atoms with van der Waals surface area (Å²) in [6.07, 6.45) is 2.53. The van der Waals surface area contributed by atoms with Crippen molar-refractivity contribution in [3.63, 3.8) is 0 Å². The maximum absolute atomic E-state index is 5.82. The molecule has 0 fully saturated rings. The molecule has 7 heteroatoms. The fraction of sp³-hybridized carbons (Fsp3) is 0.231. The van der Waals surface area contributed by atoms with Crippen molar-refractivity contribution < 1.29 is 9.47 Å². The summed E-state index contributed by atoms with van der Waals surface area (Å²) in [5.41, 5.74) is 0. The Bertz CT molecular complexity index is 642. The van der Waals surface area contributed by atoms with Crippen LogP contribution in [0.1, 0.15) is 6.42 Å². The van der Waals surface area contributed by atoms with E-state index >= 15 is 0 Å². The van der Waals surface area contributed by atoms with E-state index in [9.17, 15) is 0 Å². The molecule has 0 spiro atoms. The number of benzene rings is 1. The Hall–Kier alpha value is -0.980. The summed E-state index contributed by atoms with van der Waals surface area (Å²) in [5.74, 6) is 1.55. The maximum Gasteiger partial charge on any atom is 0.223 e. The number of aromatic nitrogens is 2. The van der Waals surface area contributed by atoms with Crippen LogP contribution in [0, 0.1) is 0 Å². The molecule has 1 aromatic heterocycles. The van der Waals surface area contributed by atoms with Gasteiger partial charge in [-0.1, -0.05) is 11.8 Å². The molecule has 20 heavy (non-hydrogen) atoms. The second-order valence-electron chi connectivity index (χ2n) is 4.05. The average Bonchev–Trinajstić information content (AvgIpc) is 2.67. The van der Waals surface area contributed by atoms with Gasteiger partial charge in [-0.05, 0) is 45.7 Å². The van der Waals surface area contributed by atoms with E-state index in [1.165, 1.54) is 11.8 Å². The van der Waals surface area contributed by atoms with Crippen molar-refractivity contribution in [3.05, 3.63) is 34.2 Å². The van der Waals surface area contributed by atoms with Crippen molar-refractivity contribution in [2.24, 2.45) is 0 Å². The monoisotopic (exact) mass is 372 g/mol. The van der Waals surface area contributed by atoms with Gasteiger partial charge in [-0.2, -0.15) is 0 Å². The van der Waals surface area contributed by atoms with Gasteiger partial charge in [0, 0.05) is 17.5 Å². The van der Waals surface area contributed by atoms with Gasteiger partial charge in [0.15, 0.2) is 11.5 Å².